The van der Waals surface area contributed by atoms with Gasteiger partial charge in [-0.2, -0.15) is 0 Å². The van der Waals surface area contributed by atoms with Gasteiger partial charge in [-0.1, -0.05) is 24.0 Å². The molecular formula is C16H15NO. The molecule has 2 N–H and O–H groups in total. The quantitative estimate of drug-likeness (QED) is 0.774. The lowest BCUT2D eigenvalue weighted by molar-refractivity contribution is 0.415. The van der Waals surface area contributed by atoms with Crippen molar-refractivity contribution in [2.24, 2.45) is 5.73 Å². The lowest BCUT2D eigenvalue weighted by Crippen LogP contribution is -2.18. The highest BCUT2D eigenvalue weighted by Crippen LogP contribution is 2.31. The van der Waals surface area contributed by atoms with E-state index in [1.807, 2.05) is 18.2 Å². The van der Waals surface area contributed by atoms with Gasteiger partial charge in [0.1, 0.15) is 5.75 Å². The molecule has 3 rings (SSSR count). The number of methoxy groups -OCH3 is 1. The fourth-order valence-electron chi connectivity index (χ4n) is 1.88. The Morgan fingerprint density at radius 3 is 2.56 bits per heavy atom. The first-order chi connectivity index (χ1) is 8.68. The second-order valence-electron chi connectivity index (χ2n) is 4.83. The Bertz CT molecular complexity index is 660. The van der Waals surface area contributed by atoms with E-state index in [-0.39, 0.29) is 5.54 Å². The van der Waals surface area contributed by atoms with Gasteiger partial charge in [0.25, 0.3) is 0 Å². The number of rotatable bonds is 1. The van der Waals surface area contributed by atoms with Crippen molar-refractivity contribution in [2.45, 2.75) is 18.4 Å². The van der Waals surface area contributed by atoms with Crippen LogP contribution in [0.25, 0.3) is 10.8 Å². The van der Waals surface area contributed by atoms with Crippen LogP contribution in [0.15, 0.2) is 36.4 Å². The number of ether oxygens (including phenoxy) is 1. The van der Waals surface area contributed by atoms with Gasteiger partial charge >= 0.3 is 0 Å². The molecule has 0 spiro atoms. The minimum absolute atomic E-state index is 0.213. The van der Waals surface area contributed by atoms with Gasteiger partial charge < -0.3 is 10.5 Å². The first-order valence-corrected chi connectivity index (χ1v) is 6.08. The normalized spacial score (nSPS) is 15.9. The molecular weight excluding hydrogens is 222 g/mol. The number of nitrogens with two attached hydrogens (primary N) is 1. The second kappa shape index (κ2) is 4.04. The van der Waals surface area contributed by atoms with Crippen LogP contribution in [0, 0.1) is 11.8 Å². The Labute approximate surface area is 107 Å². The molecule has 2 aromatic carbocycles. The molecule has 1 aliphatic carbocycles. The number of hydrogen-bond donors (Lipinski definition) is 1. The maximum absolute atomic E-state index is 5.95. The van der Waals surface area contributed by atoms with Gasteiger partial charge in [-0.25, -0.2) is 0 Å². The minimum Gasteiger partial charge on any atom is -0.497 e. The van der Waals surface area contributed by atoms with Crippen LogP contribution >= 0.6 is 0 Å². The molecule has 2 nitrogen and oxygen atoms in total. The summed E-state index contributed by atoms with van der Waals surface area (Å²) in [4.78, 5) is 0. The summed E-state index contributed by atoms with van der Waals surface area (Å²) in [7, 11) is 1.68. The maximum atomic E-state index is 5.95. The zero-order valence-electron chi connectivity index (χ0n) is 10.4. The molecule has 0 saturated heterocycles. The zero-order chi connectivity index (χ0) is 12.6. The van der Waals surface area contributed by atoms with Crippen molar-refractivity contribution < 1.29 is 4.74 Å². The van der Waals surface area contributed by atoms with Crippen LogP contribution in [-0.2, 0) is 0 Å². The van der Waals surface area contributed by atoms with Crippen LogP contribution in [0.3, 0.4) is 0 Å². The highest BCUT2D eigenvalue weighted by molar-refractivity contribution is 5.85. The van der Waals surface area contributed by atoms with Gasteiger partial charge in [0.2, 0.25) is 0 Å². The van der Waals surface area contributed by atoms with E-state index in [0.29, 0.717) is 0 Å². The molecule has 0 aliphatic heterocycles. The lowest BCUT2D eigenvalue weighted by Gasteiger charge is -2.03. The van der Waals surface area contributed by atoms with E-state index in [4.69, 9.17) is 10.5 Å². The van der Waals surface area contributed by atoms with E-state index in [9.17, 15) is 0 Å². The first-order valence-electron chi connectivity index (χ1n) is 6.08. The summed E-state index contributed by atoms with van der Waals surface area (Å²) in [6, 6.07) is 12.2. The van der Waals surface area contributed by atoms with Crippen molar-refractivity contribution in [3.8, 4) is 17.6 Å². The van der Waals surface area contributed by atoms with Crippen LogP contribution in [-0.4, -0.2) is 12.6 Å². The topological polar surface area (TPSA) is 35.2 Å². The summed E-state index contributed by atoms with van der Waals surface area (Å²) < 4.78 is 5.21. The Morgan fingerprint density at radius 2 is 1.83 bits per heavy atom. The molecule has 1 fully saturated rings. The third kappa shape index (κ3) is 2.18. The largest absolute Gasteiger partial charge is 0.497 e. The van der Waals surface area contributed by atoms with Crippen molar-refractivity contribution >= 4 is 10.8 Å². The molecule has 0 radical (unpaired) electrons. The minimum atomic E-state index is -0.213. The van der Waals surface area contributed by atoms with Gasteiger partial charge in [-0.05, 0) is 47.9 Å². The summed E-state index contributed by atoms with van der Waals surface area (Å²) in [5.74, 6) is 7.18. The third-order valence-electron chi connectivity index (χ3n) is 3.29. The van der Waals surface area contributed by atoms with Crippen LogP contribution < -0.4 is 10.5 Å². The van der Waals surface area contributed by atoms with Crippen LogP contribution in [0.1, 0.15) is 18.4 Å². The SMILES string of the molecule is COc1ccc2cc(C#CC3(N)CC3)ccc2c1. The van der Waals surface area contributed by atoms with Crippen molar-refractivity contribution in [2.75, 3.05) is 7.11 Å². The first kappa shape index (κ1) is 11.1. The van der Waals surface area contributed by atoms with Crippen molar-refractivity contribution in [3.63, 3.8) is 0 Å². The Balaban J connectivity index is 1.97. The summed E-state index contributed by atoms with van der Waals surface area (Å²) in [6.07, 6.45) is 2.04. The molecule has 1 aliphatic rings. The highest BCUT2D eigenvalue weighted by Gasteiger charge is 2.36. The molecule has 0 bridgehead atoms. The van der Waals surface area contributed by atoms with Gasteiger partial charge in [0, 0.05) is 5.56 Å². The monoisotopic (exact) mass is 237 g/mol. The number of benzene rings is 2. The third-order valence-corrected chi connectivity index (χ3v) is 3.29. The smallest absolute Gasteiger partial charge is 0.119 e. The molecule has 90 valence electrons. The predicted molar refractivity (Wildman–Crippen MR) is 73.5 cm³/mol. The Kier molecular flexibility index (Phi) is 2.50. The average molecular weight is 237 g/mol. The fourth-order valence-corrected chi connectivity index (χ4v) is 1.88. The molecule has 18 heavy (non-hydrogen) atoms. The predicted octanol–water partition coefficient (Wildman–Crippen LogP) is 2.69. The average Bonchev–Trinajstić information content (AvgIpc) is 3.14. The summed E-state index contributed by atoms with van der Waals surface area (Å²) in [5.41, 5.74) is 6.76. The molecule has 0 heterocycles. The Morgan fingerprint density at radius 1 is 1.11 bits per heavy atom. The molecule has 0 aromatic heterocycles. The van der Waals surface area contributed by atoms with E-state index in [2.05, 4.69) is 30.0 Å². The molecule has 2 aromatic rings. The van der Waals surface area contributed by atoms with E-state index in [1.54, 1.807) is 7.11 Å². The van der Waals surface area contributed by atoms with Gasteiger partial charge in [0.15, 0.2) is 0 Å². The van der Waals surface area contributed by atoms with E-state index < -0.39 is 0 Å². The fraction of sp³-hybridized carbons (Fsp3) is 0.250. The van der Waals surface area contributed by atoms with Crippen LogP contribution in [0.5, 0.6) is 5.75 Å². The Hall–Kier alpha value is -1.98. The standard InChI is InChI=1S/C16H15NO/c1-18-15-5-4-13-10-12(2-3-14(13)11-15)6-7-16(17)8-9-16/h2-5,10-11H,8-9,17H2,1H3. The second-order valence-corrected chi connectivity index (χ2v) is 4.83. The highest BCUT2D eigenvalue weighted by atomic mass is 16.5. The maximum Gasteiger partial charge on any atom is 0.119 e. The van der Waals surface area contributed by atoms with Crippen molar-refractivity contribution in [3.05, 3.63) is 42.0 Å². The number of fused-ring (bicyclic) bond motifs is 1. The lowest BCUT2D eigenvalue weighted by atomic mass is 10.1. The molecule has 0 unspecified atom stereocenters. The van der Waals surface area contributed by atoms with Gasteiger partial charge in [-0.15, -0.1) is 0 Å². The summed E-state index contributed by atoms with van der Waals surface area (Å²) in [6.45, 7) is 0. The van der Waals surface area contributed by atoms with E-state index >= 15 is 0 Å². The molecule has 0 atom stereocenters. The van der Waals surface area contributed by atoms with Crippen LogP contribution in [0.2, 0.25) is 0 Å². The molecule has 0 amide bonds. The summed E-state index contributed by atoms with van der Waals surface area (Å²) >= 11 is 0. The zero-order valence-corrected chi connectivity index (χ0v) is 10.4. The molecule has 2 heteroatoms. The van der Waals surface area contributed by atoms with Crippen LogP contribution in [0.4, 0.5) is 0 Å². The van der Waals surface area contributed by atoms with Gasteiger partial charge in [0.05, 0.1) is 12.6 Å². The van der Waals surface area contributed by atoms with Crippen molar-refractivity contribution in [1.82, 2.24) is 0 Å². The van der Waals surface area contributed by atoms with E-state index in [0.717, 1.165) is 29.5 Å². The van der Waals surface area contributed by atoms with Crippen molar-refractivity contribution in [1.29, 1.82) is 0 Å². The number of hydrogen-bond acceptors (Lipinski definition) is 2. The molecule has 1 saturated carbocycles. The van der Waals surface area contributed by atoms with Gasteiger partial charge in [-0.3, -0.25) is 0 Å². The summed E-state index contributed by atoms with van der Waals surface area (Å²) in [5, 5.41) is 2.33. The van der Waals surface area contributed by atoms with E-state index in [1.165, 1.54) is 5.39 Å².